The predicted molar refractivity (Wildman–Crippen MR) is 156 cm³/mol. The van der Waals surface area contributed by atoms with Crippen molar-refractivity contribution >= 4 is 55.9 Å². The monoisotopic (exact) mass is 695 g/mol. The molecule has 7 atom stereocenters. The van der Waals surface area contributed by atoms with E-state index in [0.29, 0.717) is 11.3 Å². The number of nitrogens with one attached hydrogen (secondary N) is 2. The van der Waals surface area contributed by atoms with Gasteiger partial charge in [0.25, 0.3) is 5.56 Å². The van der Waals surface area contributed by atoms with Crippen LogP contribution in [-0.4, -0.2) is 103 Å². The van der Waals surface area contributed by atoms with Crippen LogP contribution in [0.25, 0.3) is 28.0 Å². The second-order valence-corrected chi connectivity index (χ2v) is 12.7. The van der Waals surface area contributed by atoms with Crippen LogP contribution in [0.1, 0.15) is 6.42 Å². The van der Waals surface area contributed by atoms with Gasteiger partial charge in [0.1, 0.15) is 24.9 Å². The summed E-state index contributed by atoms with van der Waals surface area (Å²) >= 11 is 0. The van der Waals surface area contributed by atoms with Gasteiger partial charge in [-0.1, -0.05) is 0 Å². The molecule has 5 heterocycles. The standard InChI is InChI=1S/C23H24N10O12P2/c1-25-18-12-19(27-5-26-18)33(7-29-12)23-11(17(23)36)16(44-46(38)39)10(43-23)4-42-47(40,41)45-15-9(2-8(3-34)14(15)35)32-6-28-13-20(32)30-22(24)31-21(13)37/h5-7,10-11,16-17,34,36H,2-4H2,1H3,(H6-,24,25,26,27,30,31,35,37,38,39,40,41)/p+1. The first-order valence-electron chi connectivity index (χ1n) is 13.6. The summed E-state index contributed by atoms with van der Waals surface area (Å²) in [4.78, 5) is 55.5. The van der Waals surface area contributed by atoms with Crippen molar-refractivity contribution in [2.45, 2.75) is 30.5 Å². The van der Waals surface area contributed by atoms with Crippen LogP contribution in [0.2, 0.25) is 0 Å². The molecule has 0 amide bonds. The zero-order valence-electron chi connectivity index (χ0n) is 23.9. The van der Waals surface area contributed by atoms with Crippen molar-refractivity contribution in [3.63, 3.8) is 0 Å². The second kappa shape index (κ2) is 11.1. The first-order chi connectivity index (χ1) is 22.4. The summed E-state index contributed by atoms with van der Waals surface area (Å²) < 4.78 is 49.3. The van der Waals surface area contributed by atoms with E-state index >= 15 is 0 Å². The average Bonchev–Trinajstić information content (AvgIpc) is 3.55. The van der Waals surface area contributed by atoms with Crippen molar-refractivity contribution in [2.75, 3.05) is 31.3 Å². The van der Waals surface area contributed by atoms with Gasteiger partial charge in [0.05, 0.1) is 31.2 Å². The largest absolute Gasteiger partial charge is 0.695 e. The number of hydrogen-bond acceptors (Lipinski definition) is 17. The fraction of sp³-hybridized carbons (Fsp3) is 0.391. The third kappa shape index (κ3) is 4.89. The van der Waals surface area contributed by atoms with E-state index in [2.05, 4.69) is 35.2 Å². The van der Waals surface area contributed by atoms with E-state index in [9.17, 15) is 39.0 Å². The van der Waals surface area contributed by atoms with Crippen molar-refractivity contribution in [3.8, 4) is 0 Å². The van der Waals surface area contributed by atoms with Crippen LogP contribution < -0.4 is 16.6 Å². The Bertz CT molecular complexity index is 2130. The molecule has 47 heavy (non-hydrogen) atoms. The van der Waals surface area contributed by atoms with Gasteiger partial charge < -0.3 is 35.6 Å². The number of aliphatic hydroxyl groups excluding tert-OH is 3. The number of rotatable bonds is 11. The number of anilines is 2. The summed E-state index contributed by atoms with van der Waals surface area (Å²) in [6, 6.07) is 0. The number of nitrogens with zero attached hydrogens (tertiary/aromatic N) is 7. The SMILES string of the molecule is CNc1ncnc2c1ncn2C12OC(COP(=O)(O)OC3=C(n4cnc5c(=O)[nH]c(N)nc54)CC(CO)=C3O)C(O[P+](=O)O)C1C2O. The van der Waals surface area contributed by atoms with Crippen LogP contribution in [0.3, 0.4) is 0 Å². The number of H-pyrrole nitrogens is 1. The molecule has 4 aromatic rings. The van der Waals surface area contributed by atoms with E-state index in [1.165, 1.54) is 21.8 Å². The van der Waals surface area contributed by atoms with E-state index in [-0.39, 0.29) is 40.5 Å². The molecular formula is C23H25N10O12P2+. The van der Waals surface area contributed by atoms with Crippen LogP contribution in [0, 0.1) is 5.92 Å². The normalized spacial score (nSPS) is 27.0. The maximum Gasteiger partial charge on any atom is 0.695 e. The fourth-order valence-electron chi connectivity index (χ4n) is 5.98. The molecule has 4 aromatic heterocycles. The number of nitrogen functional groups attached to an aromatic ring is 1. The van der Waals surface area contributed by atoms with Gasteiger partial charge in [-0.05, 0) is 0 Å². The van der Waals surface area contributed by atoms with E-state index in [0.717, 1.165) is 6.33 Å². The van der Waals surface area contributed by atoms with Crippen molar-refractivity contribution in [1.29, 1.82) is 0 Å². The zero-order valence-corrected chi connectivity index (χ0v) is 25.6. The number of ether oxygens (including phenoxy) is 1. The number of hydrogen-bond donors (Lipinski definition) is 8. The smallest absolute Gasteiger partial charge is 0.504 e. The molecule has 2 fully saturated rings. The van der Waals surface area contributed by atoms with E-state index in [4.69, 9.17) is 24.0 Å². The highest BCUT2D eigenvalue weighted by Crippen LogP contribution is 2.63. The molecule has 2 aliphatic carbocycles. The number of phosphoric acid groups is 1. The quantitative estimate of drug-likeness (QED) is 0.0888. The lowest BCUT2D eigenvalue weighted by Gasteiger charge is -2.23. The zero-order chi connectivity index (χ0) is 33.4. The number of fused-ring (bicyclic) bond motifs is 3. The summed E-state index contributed by atoms with van der Waals surface area (Å²) in [7, 11) is -6.76. The topological polar surface area (TPSA) is 317 Å². The van der Waals surface area contributed by atoms with E-state index in [1.54, 1.807) is 7.05 Å². The van der Waals surface area contributed by atoms with E-state index in [1.807, 2.05) is 0 Å². The Morgan fingerprint density at radius 3 is 2.74 bits per heavy atom. The Morgan fingerprint density at radius 2 is 2.02 bits per heavy atom. The molecule has 1 saturated heterocycles. The molecule has 3 aliphatic rings. The van der Waals surface area contributed by atoms with Crippen LogP contribution in [0.15, 0.2) is 40.9 Å². The van der Waals surface area contributed by atoms with Gasteiger partial charge in [0, 0.05) is 23.6 Å². The summed E-state index contributed by atoms with van der Waals surface area (Å²) in [5.74, 6) is -2.07. The molecule has 7 rings (SSSR count). The minimum absolute atomic E-state index is 0.00261. The number of imidazole rings is 2. The number of aromatic amines is 1. The van der Waals surface area contributed by atoms with Gasteiger partial charge in [-0.25, -0.2) is 24.5 Å². The van der Waals surface area contributed by atoms with Crippen molar-refractivity contribution in [3.05, 3.63) is 46.4 Å². The van der Waals surface area contributed by atoms with Crippen molar-refractivity contribution in [2.24, 2.45) is 5.92 Å². The van der Waals surface area contributed by atoms with Crippen LogP contribution in [0.5, 0.6) is 0 Å². The summed E-state index contributed by atoms with van der Waals surface area (Å²) in [5.41, 5.74) is 3.78. The number of aliphatic hydroxyl groups is 3. The minimum Gasteiger partial charge on any atom is -0.504 e. The Balaban J connectivity index is 1.17. The maximum atomic E-state index is 13.3. The molecule has 1 saturated carbocycles. The molecule has 0 bridgehead atoms. The summed E-state index contributed by atoms with van der Waals surface area (Å²) in [6.07, 6.45) is -0.354. The molecule has 0 aromatic carbocycles. The van der Waals surface area contributed by atoms with Gasteiger partial charge in [0.2, 0.25) is 5.95 Å². The first-order valence-corrected chi connectivity index (χ1v) is 16.2. The molecule has 9 N–H and O–H groups in total. The average molecular weight is 695 g/mol. The molecule has 0 spiro atoms. The Morgan fingerprint density at radius 1 is 1.26 bits per heavy atom. The highest BCUT2D eigenvalue weighted by atomic mass is 31.2. The van der Waals surface area contributed by atoms with Crippen molar-refractivity contribution in [1.82, 2.24) is 39.0 Å². The predicted octanol–water partition coefficient (Wildman–Crippen LogP) is -0.829. The molecule has 24 heteroatoms. The number of nitrogens with two attached hydrogens (primary N) is 1. The molecule has 248 valence electrons. The van der Waals surface area contributed by atoms with Crippen molar-refractivity contribution < 1.29 is 52.5 Å². The lowest BCUT2D eigenvalue weighted by molar-refractivity contribution is -0.109. The Labute approximate surface area is 261 Å². The third-order valence-corrected chi connectivity index (χ3v) is 9.37. The molecule has 22 nitrogen and oxygen atoms in total. The van der Waals surface area contributed by atoms with Crippen LogP contribution in [0.4, 0.5) is 11.8 Å². The molecule has 0 radical (unpaired) electrons. The Kier molecular flexibility index (Phi) is 7.39. The number of allylic oxidation sites excluding steroid dienone is 1. The lowest BCUT2D eigenvalue weighted by atomic mass is 10.1. The Hall–Kier alpha value is -4.37. The van der Waals surface area contributed by atoms with Gasteiger partial charge in [0.15, 0.2) is 51.5 Å². The molecule has 1 aliphatic heterocycles. The van der Waals surface area contributed by atoms with Gasteiger partial charge in [-0.3, -0.25) is 28.3 Å². The van der Waals surface area contributed by atoms with Crippen LogP contribution >= 0.6 is 16.1 Å². The second-order valence-electron chi connectivity index (χ2n) is 10.6. The van der Waals surface area contributed by atoms with Gasteiger partial charge in [-0.15, -0.1) is 9.42 Å². The molecule has 7 unspecified atom stereocenters. The third-order valence-electron chi connectivity index (χ3n) is 8.06. The first kappa shape index (κ1) is 31.2. The summed E-state index contributed by atoms with van der Waals surface area (Å²) in [5, 5.41) is 34.3. The number of phosphoric ester groups is 1. The van der Waals surface area contributed by atoms with Crippen LogP contribution in [-0.2, 0) is 33.2 Å². The number of aromatic nitrogens is 8. The van der Waals surface area contributed by atoms with E-state index < -0.39 is 76.3 Å². The highest BCUT2D eigenvalue weighted by molar-refractivity contribution is 7.47. The maximum absolute atomic E-state index is 13.3. The van der Waals surface area contributed by atoms with Gasteiger partial charge in [-0.2, -0.15) is 4.98 Å². The summed E-state index contributed by atoms with van der Waals surface area (Å²) in [6.45, 7) is -1.43. The molecular weight excluding hydrogens is 670 g/mol. The highest BCUT2D eigenvalue weighted by Gasteiger charge is 2.79. The van der Waals surface area contributed by atoms with Gasteiger partial charge >= 0.3 is 16.1 Å². The minimum atomic E-state index is -5.16. The fourth-order valence-corrected chi connectivity index (χ4v) is 7.27. The lowest BCUT2D eigenvalue weighted by Crippen LogP contribution is -2.35.